The van der Waals surface area contributed by atoms with Gasteiger partial charge < -0.3 is 10.5 Å². The van der Waals surface area contributed by atoms with E-state index in [4.69, 9.17) is 10.5 Å². The standard InChI is InChI=1S/C10H20N2O/c1-3-4-10(11)12-7-9-5-6-13-8(9)2/h8-9H,3-7H2,1-2H3,(H2,11,12). The molecule has 2 N–H and O–H groups in total. The lowest BCUT2D eigenvalue weighted by molar-refractivity contribution is 0.107. The van der Waals surface area contributed by atoms with Crippen molar-refractivity contribution in [2.75, 3.05) is 13.2 Å². The van der Waals surface area contributed by atoms with Crippen molar-refractivity contribution >= 4 is 5.84 Å². The molecule has 1 saturated heterocycles. The molecular weight excluding hydrogens is 164 g/mol. The monoisotopic (exact) mass is 184 g/mol. The van der Waals surface area contributed by atoms with Gasteiger partial charge in [-0.05, 0) is 19.8 Å². The first kappa shape index (κ1) is 10.5. The molecule has 0 aromatic carbocycles. The van der Waals surface area contributed by atoms with Crippen molar-refractivity contribution in [3.05, 3.63) is 0 Å². The Bertz CT molecular complexity index is 180. The van der Waals surface area contributed by atoms with E-state index in [1.165, 1.54) is 0 Å². The van der Waals surface area contributed by atoms with Crippen LogP contribution in [0, 0.1) is 5.92 Å². The third-order valence-electron chi connectivity index (χ3n) is 2.57. The van der Waals surface area contributed by atoms with Gasteiger partial charge in [-0.25, -0.2) is 0 Å². The zero-order chi connectivity index (χ0) is 9.68. The third-order valence-corrected chi connectivity index (χ3v) is 2.57. The van der Waals surface area contributed by atoms with Crippen LogP contribution in [0.2, 0.25) is 0 Å². The van der Waals surface area contributed by atoms with Crippen molar-refractivity contribution in [2.45, 2.75) is 39.2 Å². The molecule has 1 rings (SSSR count). The van der Waals surface area contributed by atoms with Gasteiger partial charge in [-0.15, -0.1) is 0 Å². The van der Waals surface area contributed by atoms with Crippen LogP contribution in [0.3, 0.4) is 0 Å². The second-order valence-corrected chi connectivity index (χ2v) is 3.71. The van der Waals surface area contributed by atoms with E-state index in [1.54, 1.807) is 0 Å². The van der Waals surface area contributed by atoms with Gasteiger partial charge in [-0.3, -0.25) is 4.99 Å². The minimum atomic E-state index is 0.359. The molecule has 1 heterocycles. The maximum Gasteiger partial charge on any atom is 0.0937 e. The molecule has 2 atom stereocenters. The van der Waals surface area contributed by atoms with Gasteiger partial charge in [0.1, 0.15) is 0 Å². The van der Waals surface area contributed by atoms with Crippen molar-refractivity contribution in [3.8, 4) is 0 Å². The Morgan fingerprint density at radius 1 is 1.62 bits per heavy atom. The summed E-state index contributed by atoms with van der Waals surface area (Å²) < 4.78 is 5.45. The predicted octanol–water partition coefficient (Wildman–Crippen LogP) is 1.57. The Balaban J connectivity index is 2.27. The molecule has 0 bridgehead atoms. The predicted molar refractivity (Wildman–Crippen MR) is 54.9 cm³/mol. The topological polar surface area (TPSA) is 47.6 Å². The number of hydrogen-bond donors (Lipinski definition) is 1. The smallest absolute Gasteiger partial charge is 0.0937 e. The number of hydrogen-bond acceptors (Lipinski definition) is 2. The van der Waals surface area contributed by atoms with Gasteiger partial charge >= 0.3 is 0 Å². The first-order valence-electron chi connectivity index (χ1n) is 5.14. The molecule has 76 valence electrons. The summed E-state index contributed by atoms with van der Waals surface area (Å²) >= 11 is 0. The molecule has 13 heavy (non-hydrogen) atoms. The second kappa shape index (κ2) is 5.22. The SMILES string of the molecule is CCCC(N)=NCC1CCOC1C. The second-order valence-electron chi connectivity index (χ2n) is 3.71. The van der Waals surface area contributed by atoms with Crippen LogP contribution in [-0.4, -0.2) is 25.1 Å². The summed E-state index contributed by atoms with van der Waals surface area (Å²) in [7, 11) is 0. The van der Waals surface area contributed by atoms with Crippen molar-refractivity contribution in [1.29, 1.82) is 0 Å². The molecule has 3 nitrogen and oxygen atoms in total. The maximum absolute atomic E-state index is 5.72. The highest BCUT2D eigenvalue weighted by atomic mass is 16.5. The van der Waals surface area contributed by atoms with Gasteiger partial charge in [-0.1, -0.05) is 6.92 Å². The zero-order valence-corrected chi connectivity index (χ0v) is 8.62. The van der Waals surface area contributed by atoms with Gasteiger partial charge in [0.2, 0.25) is 0 Å². The number of nitrogens with zero attached hydrogens (tertiary/aromatic N) is 1. The number of rotatable bonds is 4. The molecule has 1 fully saturated rings. The van der Waals surface area contributed by atoms with Crippen LogP contribution < -0.4 is 5.73 Å². The zero-order valence-electron chi connectivity index (χ0n) is 8.62. The summed E-state index contributed by atoms with van der Waals surface area (Å²) in [6.07, 6.45) is 3.48. The first-order chi connectivity index (χ1) is 6.24. The van der Waals surface area contributed by atoms with Gasteiger partial charge in [0, 0.05) is 25.5 Å². The fraction of sp³-hybridized carbons (Fsp3) is 0.900. The van der Waals surface area contributed by atoms with Crippen molar-refractivity contribution < 1.29 is 4.74 Å². The highest BCUT2D eigenvalue weighted by molar-refractivity contribution is 5.80. The van der Waals surface area contributed by atoms with E-state index in [2.05, 4.69) is 18.8 Å². The van der Waals surface area contributed by atoms with Gasteiger partial charge in [-0.2, -0.15) is 0 Å². The number of ether oxygens (including phenoxy) is 1. The lowest BCUT2D eigenvalue weighted by Crippen LogP contribution is -2.18. The molecule has 0 amide bonds. The molecule has 3 heteroatoms. The van der Waals surface area contributed by atoms with Gasteiger partial charge in [0.15, 0.2) is 0 Å². The van der Waals surface area contributed by atoms with Crippen molar-refractivity contribution in [1.82, 2.24) is 0 Å². The normalized spacial score (nSPS) is 29.5. The first-order valence-corrected chi connectivity index (χ1v) is 5.14. The molecule has 0 aromatic heterocycles. The summed E-state index contributed by atoms with van der Waals surface area (Å²) in [5.74, 6) is 1.37. The Morgan fingerprint density at radius 3 is 2.92 bits per heavy atom. The summed E-state index contributed by atoms with van der Waals surface area (Å²) in [4.78, 5) is 4.36. The third kappa shape index (κ3) is 3.35. The minimum Gasteiger partial charge on any atom is -0.387 e. The van der Waals surface area contributed by atoms with Crippen LogP contribution >= 0.6 is 0 Å². The van der Waals surface area contributed by atoms with Crippen LogP contribution in [0.5, 0.6) is 0 Å². The van der Waals surface area contributed by atoms with Crippen LogP contribution in [-0.2, 0) is 4.74 Å². The minimum absolute atomic E-state index is 0.359. The van der Waals surface area contributed by atoms with Crippen LogP contribution in [0.4, 0.5) is 0 Å². The Labute approximate surface area is 80.4 Å². The largest absolute Gasteiger partial charge is 0.387 e. The van der Waals surface area contributed by atoms with Gasteiger partial charge in [0.25, 0.3) is 0 Å². The molecule has 0 radical (unpaired) electrons. The fourth-order valence-electron chi connectivity index (χ4n) is 1.59. The number of aliphatic imine (C=N–C) groups is 1. The molecule has 1 aliphatic rings. The quantitative estimate of drug-likeness (QED) is 0.532. The highest BCUT2D eigenvalue weighted by Gasteiger charge is 2.23. The average molecular weight is 184 g/mol. The van der Waals surface area contributed by atoms with E-state index in [9.17, 15) is 0 Å². The van der Waals surface area contributed by atoms with E-state index in [0.29, 0.717) is 12.0 Å². The molecular formula is C10H20N2O. The molecule has 0 saturated carbocycles. The van der Waals surface area contributed by atoms with Gasteiger partial charge in [0.05, 0.1) is 11.9 Å². The van der Waals surface area contributed by atoms with Crippen molar-refractivity contribution in [2.24, 2.45) is 16.6 Å². The molecule has 0 aliphatic carbocycles. The molecule has 0 aromatic rings. The fourth-order valence-corrected chi connectivity index (χ4v) is 1.59. The lowest BCUT2D eigenvalue weighted by Gasteiger charge is -2.10. The van der Waals surface area contributed by atoms with E-state index in [1.807, 2.05) is 0 Å². The summed E-state index contributed by atoms with van der Waals surface area (Å²) in [6.45, 7) is 5.95. The molecule has 2 unspecified atom stereocenters. The summed E-state index contributed by atoms with van der Waals surface area (Å²) in [5, 5.41) is 0. The van der Waals surface area contributed by atoms with E-state index >= 15 is 0 Å². The summed E-state index contributed by atoms with van der Waals surface area (Å²) in [5.41, 5.74) is 5.72. The lowest BCUT2D eigenvalue weighted by atomic mass is 10.0. The molecule has 1 aliphatic heterocycles. The van der Waals surface area contributed by atoms with E-state index < -0.39 is 0 Å². The Kier molecular flexibility index (Phi) is 4.22. The average Bonchev–Trinajstić information content (AvgIpc) is 2.48. The Hall–Kier alpha value is -0.570. The Morgan fingerprint density at radius 2 is 2.38 bits per heavy atom. The van der Waals surface area contributed by atoms with E-state index in [0.717, 1.165) is 38.2 Å². The van der Waals surface area contributed by atoms with Crippen LogP contribution in [0.1, 0.15) is 33.1 Å². The maximum atomic E-state index is 5.72. The highest BCUT2D eigenvalue weighted by Crippen LogP contribution is 2.20. The van der Waals surface area contributed by atoms with Crippen LogP contribution in [0.15, 0.2) is 4.99 Å². The van der Waals surface area contributed by atoms with Crippen molar-refractivity contribution in [3.63, 3.8) is 0 Å². The number of nitrogens with two attached hydrogens (primary N) is 1. The van der Waals surface area contributed by atoms with E-state index in [-0.39, 0.29) is 0 Å². The molecule has 0 spiro atoms. The number of amidine groups is 1. The van der Waals surface area contributed by atoms with Crippen LogP contribution in [0.25, 0.3) is 0 Å². The summed E-state index contributed by atoms with van der Waals surface area (Å²) in [6, 6.07) is 0.